The minimum absolute atomic E-state index is 0.138. The number of alkyl halides is 3. The lowest BCUT2D eigenvalue weighted by molar-refractivity contribution is -0.274. The number of halogens is 3. The molecule has 5 nitrogen and oxygen atoms in total. The molecule has 1 aromatic heterocycles. The van der Waals surface area contributed by atoms with Crippen molar-refractivity contribution in [2.75, 3.05) is 11.4 Å². The number of aromatic nitrogens is 1. The zero-order valence-corrected chi connectivity index (χ0v) is 12.4. The van der Waals surface area contributed by atoms with Crippen molar-refractivity contribution in [3.05, 3.63) is 60.6 Å². The highest BCUT2D eigenvalue weighted by Gasteiger charge is 2.33. The van der Waals surface area contributed by atoms with Crippen molar-refractivity contribution in [1.29, 1.82) is 0 Å². The van der Waals surface area contributed by atoms with Gasteiger partial charge in [-0.05, 0) is 24.3 Å². The lowest BCUT2D eigenvalue weighted by atomic mass is 10.1. The number of pyridine rings is 1. The summed E-state index contributed by atoms with van der Waals surface area (Å²) in [5.41, 5.74) is 7.29. The fraction of sp³-hybridized carbons (Fsp3) is 0.125. The van der Waals surface area contributed by atoms with Crippen LogP contribution >= 0.6 is 0 Å². The number of rotatable bonds is 3. The molecule has 1 aliphatic rings. The predicted molar refractivity (Wildman–Crippen MR) is 84.3 cm³/mol. The van der Waals surface area contributed by atoms with E-state index in [4.69, 9.17) is 5.73 Å². The number of ether oxygens (including phenoxy) is 1. The molecule has 0 saturated heterocycles. The van der Waals surface area contributed by atoms with Gasteiger partial charge in [-0.2, -0.15) is 0 Å². The second kappa shape index (κ2) is 6.23. The first-order valence-electron chi connectivity index (χ1n) is 6.99. The molecule has 2 N–H and O–H groups in total. The van der Waals surface area contributed by atoms with Gasteiger partial charge in [-0.15, -0.1) is 13.2 Å². The summed E-state index contributed by atoms with van der Waals surface area (Å²) >= 11 is 0. The first kappa shape index (κ1) is 15.9. The van der Waals surface area contributed by atoms with Gasteiger partial charge in [-0.1, -0.05) is 12.1 Å². The van der Waals surface area contributed by atoms with E-state index in [2.05, 4.69) is 14.7 Å². The average Bonchev–Trinajstić information content (AvgIpc) is 2.55. The van der Waals surface area contributed by atoms with E-state index in [1.807, 2.05) is 0 Å². The molecular formula is C16H13F3N4O. The number of anilines is 1. The lowest BCUT2D eigenvalue weighted by Gasteiger charge is -2.30. The number of aliphatic imine (C=N–C) groups is 1. The van der Waals surface area contributed by atoms with Crippen LogP contribution in [-0.4, -0.2) is 23.7 Å². The third-order valence-electron chi connectivity index (χ3n) is 3.30. The van der Waals surface area contributed by atoms with Gasteiger partial charge in [0.05, 0.1) is 24.1 Å². The van der Waals surface area contributed by atoms with Gasteiger partial charge in [0.1, 0.15) is 5.84 Å². The van der Waals surface area contributed by atoms with E-state index in [0.29, 0.717) is 11.3 Å². The molecule has 1 aromatic carbocycles. The van der Waals surface area contributed by atoms with Crippen LogP contribution in [0.4, 0.5) is 18.9 Å². The highest BCUT2D eigenvalue weighted by Crippen LogP contribution is 2.37. The molecule has 0 saturated carbocycles. The Bertz CT molecular complexity index is 787. The summed E-state index contributed by atoms with van der Waals surface area (Å²) in [5, 5.41) is 0. The van der Waals surface area contributed by atoms with Gasteiger partial charge < -0.3 is 15.4 Å². The minimum atomic E-state index is -4.79. The molecule has 0 fully saturated rings. The van der Waals surface area contributed by atoms with Crippen molar-refractivity contribution in [3.63, 3.8) is 0 Å². The van der Waals surface area contributed by atoms with Crippen LogP contribution in [0.1, 0.15) is 5.56 Å². The minimum Gasteiger partial charge on any atom is -0.404 e. The Morgan fingerprint density at radius 3 is 2.62 bits per heavy atom. The SMILES string of the molecule is NC1=NC=C(c2cccnc2)N(c2ccccc2OC(F)(F)F)C1. The van der Waals surface area contributed by atoms with Crippen molar-refractivity contribution < 1.29 is 17.9 Å². The van der Waals surface area contributed by atoms with Crippen LogP contribution in [0.2, 0.25) is 0 Å². The van der Waals surface area contributed by atoms with E-state index >= 15 is 0 Å². The number of benzene rings is 1. The molecule has 1 aliphatic heterocycles. The quantitative estimate of drug-likeness (QED) is 0.936. The third-order valence-corrected chi connectivity index (χ3v) is 3.30. The zero-order chi connectivity index (χ0) is 17.2. The normalized spacial score (nSPS) is 14.9. The Labute approximate surface area is 135 Å². The molecule has 0 aliphatic carbocycles. The van der Waals surface area contributed by atoms with Crippen molar-refractivity contribution in [1.82, 2.24) is 4.98 Å². The Morgan fingerprint density at radius 1 is 1.12 bits per heavy atom. The Morgan fingerprint density at radius 2 is 1.92 bits per heavy atom. The van der Waals surface area contributed by atoms with Crippen LogP contribution < -0.4 is 15.4 Å². The summed E-state index contributed by atoms with van der Waals surface area (Å²) < 4.78 is 42.2. The fourth-order valence-corrected chi connectivity index (χ4v) is 2.35. The van der Waals surface area contributed by atoms with E-state index in [-0.39, 0.29) is 23.8 Å². The Balaban J connectivity index is 2.05. The molecule has 0 atom stereocenters. The maximum atomic E-state index is 12.7. The van der Waals surface area contributed by atoms with Crippen LogP contribution in [0.3, 0.4) is 0 Å². The molecule has 124 valence electrons. The lowest BCUT2D eigenvalue weighted by Crippen LogP contribution is -2.35. The highest BCUT2D eigenvalue weighted by atomic mass is 19.4. The number of amidine groups is 1. The molecule has 0 spiro atoms. The largest absolute Gasteiger partial charge is 0.573 e. The molecule has 0 unspecified atom stereocenters. The van der Waals surface area contributed by atoms with Crippen LogP contribution in [0, 0.1) is 0 Å². The summed E-state index contributed by atoms with van der Waals surface area (Å²) in [6.45, 7) is 0.138. The van der Waals surface area contributed by atoms with E-state index in [1.54, 1.807) is 35.5 Å². The fourth-order valence-electron chi connectivity index (χ4n) is 2.35. The second-order valence-electron chi connectivity index (χ2n) is 4.98. The molecule has 0 amide bonds. The van der Waals surface area contributed by atoms with Crippen LogP contribution in [-0.2, 0) is 0 Å². The summed E-state index contributed by atoms with van der Waals surface area (Å²) in [4.78, 5) is 9.71. The van der Waals surface area contributed by atoms with E-state index in [9.17, 15) is 13.2 Å². The van der Waals surface area contributed by atoms with Crippen molar-refractivity contribution in [3.8, 4) is 5.75 Å². The first-order valence-corrected chi connectivity index (χ1v) is 6.99. The van der Waals surface area contributed by atoms with Gasteiger partial charge in [0, 0.05) is 18.0 Å². The van der Waals surface area contributed by atoms with Gasteiger partial charge in [-0.25, -0.2) is 4.99 Å². The molecule has 2 aromatic rings. The highest BCUT2D eigenvalue weighted by molar-refractivity contribution is 5.95. The number of nitrogens with zero attached hydrogens (tertiary/aromatic N) is 3. The number of para-hydroxylation sites is 2. The second-order valence-corrected chi connectivity index (χ2v) is 4.98. The third kappa shape index (κ3) is 3.48. The van der Waals surface area contributed by atoms with Gasteiger partial charge in [0.15, 0.2) is 5.75 Å². The van der Waals surface area contributed by atoms with Gasteiger partial charge in [0.25, 0.3) is 0 Å². The predicted octanol–water partition coefficient (Wildman–Crippen LogP) is 3.16. The van der Waals surface area contributed by atoms with E-state index in [1.165, 1.54) is 24.4 Å². The monoisotopic (exact) mass is 334 g/mol. The summed E-state index contributed by atoms with van der Waals surface area (Å²) in [6, 6.07) is 9.40. The van der Waals surface area contributed by atoms with Gasteiger partial charge in [0.2, 0.25) is 0 Å². The van der Waals surface area contributed by atoms with E-state index < -0.39 is 6.36 Å². The van der Waals surface area contributed by atoms with Crippen molar-refractivity contribution >= 4 is 17.2 Å². The van der Waals surface area contributed by atoms with Crippen LogP contribution in [0.25, 0.3) is 5.70 Å². The maximum Gasteiger partial charge on any atom is 0.573 e. The standard InChI is InChI=1S/C16H13F3N4O/c17-16(18,19)24-14-6-2-1-5-12(14)23-10-15(20)22-9-13(23)11-4-3-7-21-8-11/h1-9H,10H2,(H2,20,22). The first-order chi connectivity index (χ1) is 11.4. The molecule has 8 heteroatoms. The van der Waals surface area contributed by atoms with Crippen LogP contribution in [0.15, 0.2) is 60.0 Å². The summed E-state index contributed by atoms with van der Waals surface area (Å²) in [7, 11) is 0. The molecule has 0 radical (unpaired) electrons. The Kier molecular flexibility index (Phi) is 4.11. The smallest absolute Gasteiger partial charge is 0.404 e. The Hall–Kier alpha value is -3.03. The number of hydrogen-bond acceptors (Lipinski definition) is 5. The molecule has 3 rings (SSSR count). The number of nitrogens with two attached hydrogens (primary N) is 1. The molecular weight excluding hydrogens is 321 g/mol. The van der Waals surface area contributed by atoms with Gasteiger partial charge in [-0.3, -0.25) is 4.98 Å². The summed E-state index contributed by atoms with van der Waals surface area (Å²) in [5.74, 6) is -0.0288. The number of hydrogen-bond donors (Lipinski definition) is 1. The van der Waals surface area contributed by atoms with Crippen molar-refractivity contribution in [2.24, 2.45) is 10.7 Å². The summed E-state index contributed by atoms with van der Waals surface area (Å²) in [6.07, 6.45) is -0.0808. The zero-order valence-electron chi connectivity index (χ0n) is 12.4. The topological polar surface area (TPSA) is 63.7 Å². The maximum absolute atomic E-state index is 12.7. The van der Waals surface area contributed by atoms with Gasteiger partial charge >= 0.3 is 6.36 Å². The van der Waals surface area contributed by atoms with Crippen molar-refractivity contribution in [2.45, 2.75) is 6.36 Å². The molecule has 24 heavy (non-hydrogen) atoms. The molecule has 2 heterocycles. The van der Waals surface area contributed by atoms with Crippen LogP contribution in [0.5, 0.6) is 5.75 Å². The van der Waals surface area contributed by atoms with E-state index in [0.717, 1.165) is 0 Å². The average molecular weight is 334 g/mol. The molecule has 0 bridgehead atoms.